The molecule has 0 spiro atoms. The van der Waals surface area contributed by atoms with Crippen LogP contribution in [0, 0.1) is 0 Å². The SMILES string of the molecule is C=C(C)CN(CC)c1ncccc1N. The summed E-state index contributed by atoms with van der Waals surface area (Å²) in [4.78, 5) is 6.37. The summed E-state index contributed by atoms with van der Waals surface area (Å²) in [6, 6.07) is 3.71. The highest BCUT2D eigenvalue weighted by atomic mass is 15.2. The molecule has 0 atom stereocenters. The van der Waals surface area contributed by atoms with Crippen LogP contribution >= 0.6 is 0 Å². The van der Waals surface area contributed by atoms with Gasteiger partial charge in [-0.2, -0.15) is 0 Å². The molecule has 1 rings (SSSR count). The number of hydrogen-bond acceptors (Lipinski definition) is 3. The van der Waals surface area contributed by atoms with E-state index >= 15 is 0 Å². The normalized spacial score (nSPS) is 9.86. The standard InChI is InChI=1S/C11H17N3/c1-4-14(8-9(2)3)11-10(12)6-5-7-13-11/h5-7H,2,4,8,12H2,1,3H3. The van der Waals surface area contributed by atoms with Gasteiger partial charge in [0.2, 0.25) is 0 Å². The van der Waals surface area contributed by atoms with Gasteiger partial charge in [-0.1, -0.05) is 12.2 Å². The van der Waals surface area contributed by atoms with Gasteiger partial charge in [0.25, 0.3) is 0 Å². The van der Waals surface area contributed by atoms with E-state index in [0.717, 1.165) is 30.2 Å². The third-order valence-corrected chi connectivity index (χ3v) is 1.96. The fourth-order valence-corrected chi connectivity index (χ4v) is 1.34. The van der Waals surface area contributed by atoms with Crippen LogP contribution in [-0.4, -0.2) is 18.1 Å². The van der Waals surface area contributed by atoms with Crippen molar-refractivity contribution in [2.75, 3.05) is 23.7 Å². The van der Waals surface area contributed by atoms with E-state index in [4.69, 9.17) is 5.73 Å². The molecule has 0 fully saturated rings. The number of hydrogen-bond donors (Lipinski definition) is 1. The van der Waals surface area contributed by atoms with Crippen molar-refractivity contribution in [3.63, 3.8) is 0 Å². The summed E-state index contributed by atoms with van der Waals surface area (Å²) in [6.45, 7) is 9.66. The molecule has 76 valence electrons. The number of pyridine rings is 1. The summed E-state index contributed by atoms with van der Waals surface area (Å²) < 4.78 is 0. The largest absolute Gasteiger partial charge is 0.396 e. The highest BCUT2D eigenvalue weighted by Crippen LogP contribution is 2.19. The monoisotopic (exact) mass is 191 g/mol. The Kier molecular flexibility index (Phi) is 3.51. The van der Waals surface area contributed by atoms with Gasteiger partial charge in [0.15, 0.2) is 5.82 Å². The fourth-order valence-electron chi connectivity index (χ4n) is 1.34. The predicted molar refractivity (Wildman–Crippen MR) is 61.4 cm³/mol. The molecular weight excluding hydrogens is 174 g/mol. The lowest BCUT2D eigenvalue weighted by Crippen LogP contribution is -2.26. The molecule has 0 aliphatic rings. The number of nitrogens with zero attached hydrogens (tertiary/aromatic N) is 2. The Bertz CT molecular complexity index is 320. The summed E-state index contributed by atoms with van der Waals surface area (Å²) in [5, 5.41) is 0. The Labute approximate surface area is 85.3 Å². The average Bonchev–Trinajstić information content (AvgIpc) is 2.15. The molecule has 0 bridgehead atoms. The zero-order valence-corrected chi connectivity index (χ0v) is 8.83. The van der Waals surface area contributed by atoms with Crippen molar-refractivity contribution in [1.29, 1.82) is 0 Å². The molecule has 0 amide bonds. The molecule has 0 aliphatic carbocycles. The molecule has 3 nitrogen and oxygen atoms in total. The van der Waals surface area contributed by atoms with E-state index in [1.54, 1.807) is 6.20 Å². The third-order valence-electron chi connectivity index (χ3n) is 1.96. The first-order valence-electron chi connectivity index (χ1n) is 4.75. The van der Waals surface area contributed by atoms with Crippen LogP contribution in [0.3, 0.4) is 0 Å². The Morgan fingerprint density at radius 3 is 2.86 bits per heavy atom. The molecule has 3 heteroatoms. The molecule has 1 heterocycles. The fraction of sp³-hybridized carbons (Fsp3) is 0.364. The lowest BCUT2D eigenvalue weighted by atomic mass is 10.3. The van der Waals surface area contributed by atoms with E-state index in [-0.39, 0.29) is 0 Å². The van der Waals surface area contributed by atoms with Crippen LogP contribution < -0.4 is 10.6 Å². The van der Waals surface area contributed by atoms with Crippen LogP contribution in [0.15, 0.2) is 30.5 Å². The van der Waals surface area contributed by atoms with Crippen molar-refractivity contribution in [1.82, 2.24) is 4.98 Å². The lowest BCUT2D eigenvalue weighted by Gasteiger charge is -2.23. The second-order valence-electron chi connectivity index (χ2n) is 3.39. The van der Waals surface area contributed by atoms with Gasteiger partial charge in [-0.3, -0.25) is 0 Å². The smallest absolute Gasteiger partial charge is 0.152 e. The number of rotatable bonds is 4. The van der Waals surface area contributed by atoms with Crippen LogP contribution in [0.2, 0.25) is 0 Å². The van der Waals surface area contributed by atoms with Crippen molar-refractivity contribution < 1.29 is 0 Å². The third kappa shape index (κ3) is 2.49. The van der Waals surface area contributed by atoms with Crippen LogP contribution in [-0.2, 0) is 0 Å². The second-order valence-corrected chi connectivity index (χ2v) is 3.39. The summed E-state index contributed by atoms with van der Waals surface area (Å²) in [7, 11) is 0. The zero-order chi connectivity index (χ0) is 10.6. The molecule has 14 heavy (non-hydrogen) atoms. The first-order valence-corrected chi connectivity index (χ1v) is 4.75. The minimum absolute atomic E-state index is 0.718. The Balaban J connectivity index is 2.89. The topological polar surface area (TPSA) is 42.2 Å². The number of aromatic nitrogens is 1. The zero-order valence-electron chi connectivity index (χ0n) is 8.83. The molecule has 0 saturated heterocycles. The summed E-state index contributed by atoms with van der Waals surface area (Å²) >= 11 is 0. The maximum absolute atomic E-state index is 5.84. The van der Waals surface area contributed by atoms with Gasteiger partial charge >= 0.3 is 0 Å². The van der Waals surface area contributed by atoms with E-state index in [1.807, 2.05) is 19.1 Å². The van der Waals surface area contributed by atoms with Crippen LogP contribution in [0.5, 0.6) is 0 Å². The maximum atomic E-state index is 5.84. The molecule has 1 aromatic rings. The van der Waals surface area contributed by atoms with Crippen molar-refractivity contribution in [2.45, 2.75) is 13.8 Å². The van der Waals surface area contributed by atoms with Crippen LogP contribution in [0.1, 0.15) is 13.8 Å². The highest BCUT2D eigenvalue weighted by molar-refractivity contribution is 5.62. The molecule has 0 radical (unpaired) electrons. The van der Waals surface area contributed by atoms with Crippen LogP contribution in [0.25, 0.3) is 0 Å². The number of likely N-dealkylation sites (N-methyl/N-ethyl adjacent to an activating group) is 1. The van der Waals surface area contributed by atoms with Gasteiger partial charge in [0.05, 0.1) is 5.69 Å². The van der Waals surface area contributed by atoms with Crippen molar-refractivity contribution >= 4 is 11.5 Å². The van der Waals surface area contributed by atoms with E-state index in [9.17, 15) is 0 Å². The van der Waals surface area contributed by atoms with Gasteiger partial charge < -0.3 is 10.6 Å². The van der Waals surface area contributed by atoms with E-state index in [2.05, 4.69) is 23.4 Å². The van der Waals surface area contributed by atoms with Crippen molar-refractivity contribution in [3.8, 4) is 0 Å². The predicted octanol–water partition coefficient (Wildman–Crippen LogP) is 2.07. The van der Waals surface area contributed by atoms with Gasteiger partial charge in [-0.05, 0) is 26.0 Å². The van der Waals surface area contributed by atoms with Crippen molar-refractivity contribution in [3.05, 3.63) is 30.5 Å². The lowest BCUT2D eigenvalue weighted by molar-refractivity contribution is 0.861. The highest BCUT2D eigenvalue weighted by Gasteiger charge is 2.08. The maximum Gasteiger partial charge on any atom is 0.152 e. The van der Waals surface area contributed by atoms with Gasteiger partial charge in [-0.15, -0.1) is 0 Å². The summed E-state index contributed by atoms with van der Waals surface area (Å²) in [6.07, 6.45) is 1.76. The number of anilines is 2. The first-order chi connectivity index (χ1) is 6.65. The molecule has 2 N–H and O–H groups in total. The van der Waals surface area contributed by atoms with Gasteiger partial charge in [0.1, 0.15) is 0 Å². The van der Waals surface area contributed by atoms with E-state index in [0.29, 0.717) is 0 Å². The second kappa shape index (κ2) is 4.65. The Morgan fingerprint density at radius 1 is 1.64 bits per heavy atom. The number of nitrogens with two attached hydrogens (primary N) is 1. The van der Waals surface area contributed by atoms with E-state index in [1.165, 1.54) is 0 Å². The molecule has 0 unspecified atom stereocenters. The van der Waals surface area contributed by atoms with E-state index < -0.39 is 0 Å². The Hall–Kier alpha value is -1.51. The molecular formula is C11H17N3. The number of nitrogen functional groups attached to an aromatic ring is 1. The minimum Gasteiger partial charge on any atom is -0.396 e. The molecule has 0 aromatic carbocycles. The molecule has 0 aliphatic heterocycles. The van der Waals surface area contributed by atoms with Crippen LogP contribution in [0.4, 0.5) is 11.5 Å². The summed E-state index contributed by atoms with van der Waals surface area (Å²) in [5.41, 5.74) is 7.67. The quantitative estimate of drug-likeness (QED) is 0.741. The Morgan fingerprint density at radius 2 is 2.36 bits per heavy atom. The average molecular weight is 191 g/mol. The first kappa shape index (κ1) is 10.6. The van der Waals surface area contributed by atoms with Gasteiger partial charge in [-0.25, -0.2) is 4.98 Å². The molecule has 1 aromatic heterocycles. The molecule has 0 saturated carbocycles. The van der Waals surface area contributed by atoms with Gasteiger partial charge in [0, 0.05) is 19.3 Å². The van der Waals surface area contributed by atoms with Crippen molar-refractivity contribution in [2.24, 2.45) is 0 Å². The minimum atomic E-state index is 0.718. The summed E-state index contributed by atoms with van der Waals surface area (Å²) in [5.74, 6) is 0.845.